The summed E-state index contributed by atoms with van der Waals surface area (Å²) in [5.74, 6) is 6.67. The number of nitrogens with zero attached hydrogens (tertiary/aromatic N) is 1. The van der Waals surface area contributed by atoms with Crippen LogP contribution >= 0.6 is 11.8 Å². The Balaban J connectivity index is 2.01. The van der Waals surface area contributed by atoms with E-state index in [1.807, 2.05) is 11.8 Å². The molecule has 1 aromatic heterocycles. The second-order valence-electron chi connectivity index (χ2n) is 4.97. The predicted molar refractivity (Wildman–Crippen MR) is 87.2 cm³/mol. The molecule has 1 fully saturated rings. The lowest BCUT2D eigenvalue weighted by molar-refractivity contribution is 0.0932. The van der Waals surface area contributed by atoms with Crippen molar-refractivity contribution in [2.45, 2.75) is 37.5 Å². The number of amides is 1. The van der Waals surface area contributed by atoms with Crippen LogP contribution in [-0.2, 0) is 0 Å². The SMILES string of the molecule is CCSC1CCC(NC(=O)c2ncccc2C#CCN)C1. The smallest absolute Gasteiger partial charge is 0.271 e. The van der Waals surface area contributed by atoms with Gasteiger partial charge in [0.15, 0.2) is 0 Å². The van der Waals surface area contributed by atoms with Crippen molar-refractivity contribution in [3.05, 3.63) is 29.6 Å². The highest BCUT2D eigenvalue weighted by atomic mass is 32.2. The zero-order valence-electron chi connectivity index (χ0n) is 12.3. The molecule has 4 nitrogen and oxygen atoms in total. The minimum Gasteiger partial charge on any atom is -0.348 e. The minimum atomic E-state index is -0.135. The number of carbonyl (C=O) groups excluding carboxylic acids is 1. The van der Waals surface area contributed by atoms with Gasteiger partial charge >= 0.3 is 0 Å². The molecule has 0 aliphatic heterocycles. The average Bonchev–Trinajstić information content (AvgIpc) is 2.93. The van der Waals surface area contributed by atoms with Gasteiger partial charge in [-0.15, -0.1) is 0 Å². The Bertz CT molecular complexity index is 550. The maximum atomic E-state index is 12.4. The fraction of sp³-hybridized carbons (Fsp3) is 0.500. The van der Waals surface area contributed by atoms with Gasteiger partial charge in [0.05, 0.1) is 12.1 Å². The summed E-state index contributed by atoms with van der Waals surface area (Å²) in [5, 5.41) is 3.75. The van der Waals surface area contributed by atoms with Crippen molar-refractivity contribution in [2.75, 3.05) is 12.3 Å². The molecule has 0 aromatic carbocycles. The normalized spacial score (nSPS) is 20.7. The number of hydrogen-bond acceptors (Lipinski definition) is 4. The summed E-state index contributed by atoms with van der Waals surface area (Å²) in [4.78, 5) is 16.5. The van der Waals surface area contributed by atoms with E-state index >= 15 is 0 Å². The molecule has 2 unspecified atom stereocenters. The molecule has 0 spiro atoms. The summed E-state index contributed by atoms with van der Waals surface area (Å²) >= 11 is 1.98. The minimum absolute atomic E-state index is 0.135. The van der Waals surface area contributed by atoms with Crippen LogP contribution in [0.5, 0.6) is 0 Å². The van der Waals surface area contributed by atoms with E-state index in [4.69, 9.17) is 5.73 Å². The summed E-state index contributed by atoms with van der Waals surface area (Å²) in [5.41, 5.74) is 6.41. The van der Waals surface area contributed by atoms with Gasteiger partial charge in [-0.05, 0) is 37.1 Å². The van der Waals surface area contributed by atoms with Crippen LogP contribution in [0.2, 0.25) is 0 Å². The Morgan fingerprint density at radius 2 is 2.43 bits per heavy atom. The van der Waals surface area contributed by atoms with Gasteiger partial charge in [0.1, 0.15) is 5.69 Å². The first-order valence-electron chi connectivity index (χ1n) is 7.31. The van der Waals surface area contributed by atoms with E-state index in [1.54, 1.807) is 18.3 Å². The Kier molecular flexibility index (Phi) is 6.09. The molecule has 0 radical (unpaired) electrons. The number of pyridine rings is 1. The van der Waals surface area contributed by atoms with Crippen LogP contribution in [0.1, 0.15) is 42.2 Å². The Morgan fingerprint density at radius 1 is 1.57 bits per heavy atom. The van der Waals surface area contributed by atoms with E-state index in [0.717, 1.165) is 18.6 Å². The highest BCUT2D eigenvalue weighted by molar-refractivity contribution is 7.99. The van der Waals surface area contributed by atoms with E-state index in [1.165, 1.54) is 6.42 Å². The average molecular weight is 303 g/mol. The number of rotatable bonds is 4. The molecule has 0 bridgehead atoms. The third-order valence-corrected chi connectivity index (χ3v) is 4.70. The third-order valence-electron chi connectivity index (χ3n) is 3.47. The van der Waals surface area contributed by atoms with E-state index in [-0.39, 0.29) is 18.5 Å². The molecule has 3 N–H and O–H groups in total. The van der Waals surface area contributed by atoms with Crippen LogP contribution in [-0.4, -0.2) is 34.5 Å². The van der Waals surface area contributed by atoms with Gasteiger partial charge < -0.3 is 11.1 Å². The molecule has 1 aliphatic rings. The van der Waals surface area contributed by atoms with Crippen molar-refractivity contribution in [3.63, 3.8) is 0 Å². The van der Waals surface area contributed by atoms with E-state index in [2.05, 4.69) is 29.1 Å². The number of hydrogen-bond donors (Lipinski definition) is 2. The standard InChI is InChI=1S/C16H21N3OS/c1-2-21-14-8-7-13(11-14)19-16(20)15-12(5-3-9-17)6-4-10-18-15/h4,6,10,13-14H,2,7-9,11,17H2,1H3,(H,19,20). The van der Waals surface area contributed by atoms with E-state index < -0.39 is 0 Å². The van der Waals surface area contributed by atoms with Crippen molar-refractivity contribution < 1.29 is 4.79 Å². The topological polar surface area (TPSA) is 68.0 Å². The van der Waals surface area contributed by atoms with Gasteiger partial charge in [0.2, 0.25) is 0 Å². The van der Waals surface area contributed by atoms with Crippen molar-refractivity contribution in [3.8, 4) is 11.8 Å². The second kappa shape index (κ2) is 8.06. The summed E-state index contributed by atoms with van der Waals surface area (Å²) in [6.07, 6.45) is 4.87. The number of carbonyl (C=O) groups is 1. The maximum absolute atomic E-state index is 12.4. The number of nitrogens with one attached hydrogen (secondary N) is 1. The van der Waals surface area contributed by atoms with E-state index in [0.29, 0.717) is 16.5 Å². The second-order valence-corrected chi connectivity index (χ2v) is 6.54. The molecule has 1 saturated carbocycles. The zero-order valence-corrected chi connectivity index (χ0v) is 13.1. The van der Waals surface area contributed by atoms with Gasteiger partial charge in [-0.1, -0.05) is 18.8 Å². The molecule has 112 valence electrons. The van der Waals surface area contributed by atoms with Gasteiger partial charge in [-0.25, -0.2) is 4.98 Å². The summed E-state index contributed by atoms with van der Waals surface area (Å²) < 4.78 is 0. The van der Waals surface area contributed by atoms with Gasteiger partial charge in [-0.3, -0.25) is 4.79 Å². The Hall–Kier alpha value is -1.51. The van der Waals surface area contributed by atoms with Crippen LogP contribution in [0.4, 0.5) is 0 Å². The van der Waals surface area contributed by atoms with Crippen molar-refractivity contribution in [2.24, 2.45) is 5.73 Å². The van der Waals surface area contributed by atoms with E-state index in [9.17, 15) is 4.79 Å². The zero-order chi connectivity index (χ0) is 15.1. The molecular weight excluding hydrogens is 282 g/mol. The molecule has 1 amide bonds. The lowest BCUT2D eigenvalue weighted by Crippen LogP contribution is -2.34. The summed E-state index contributed by atoms with van der Waals surface area (Å²) in [6.45, 7) is 2.45. The monoisotopic (exact) mass is 303 g/mol. The number of thioether (sulfide) groups is 1. The first-order valence-corrected chi connectivity index (χ1v) is 8.35. The molecule has 5 heteroatoms. The predicted octanol–water partition coefficient (Wildman–Crippen LogP) is 1.80. The highest BCUT2D eigenvalue weighted by Gasteiger charge is 2.26. The highest BCUT2D eigenvalue weighted by Crippen LogP contribution is 2.29. The van der Waals surface area contributed by atoms with Gasteiger partial charge in [0.25, 0.3) is 5.91 Å². The Morgan fingerprint density at radius 3 is 3.19 bits per heavy atom. The van der Waals surface area contributed by atoms with Crippen molar-refractivity contribution in [1.82, 2.24) is 10.3 Å². The van der Waals surface area contributed by atoms with Crippen LogP contribution in [0.15, 0.2) is 18.3 Å². The third kappa shape index (κ3) is 4.48. The molecule has 21 heavy (non-hydrogen) atoms. The Labute approximate surface area is 130 Å². The summed E-state index contributed by atoms with van der Waals surface area (Å²) in [7, 11) is 0. The van der Waals surface area contributed by atoms with Crippen molar-refractivity contribution in [1.29, 1.82) is 0 Å². The largest absolute Gasteiger partial charge is 0.348 e. The fourth-order valence-electron chi connectivity index (χ4n) is 2.55. The van der Waals surface area contributed by atoms with Gasteiger partial charge in [-0.2, -0.15) is 11.8 Å². The molecule has 1 aliphatic carbocycles. The van der Waals surface area contributed by atoms with Crippen LogP contribution in [0, 0.1) is 11.8 Å². The quantitative estimate of drug-likeness (QED) is 0.832. The number of nitrogens with two attached hydrogens (primary N) is 1. The van der Waals surface area contributed by atoms with Crippen molar-refractivity contribution >= 4 is 17.7 Å². The first-order chi connectivity index (χ1) is 10.2. The molecule has 1 aromatic rings. The first kappa shape index (κ1) is 15.9. The maximum Gasteiger partial charge on any atom is 0.271 e. The molecule has 2 atom stereocenters. The van der Waals surface area contributed by atoms with Crippen LogP contribution < -0.4 is 11.1 Å². The van der Waals surface area contributed by atoms with Crippen LogP contribution in [0.25, 0.3) is 0 Å². The number of aromatic nitrogens is 1. The lowest BCUT2D eigenvalue weighted by atomic mass is 10.1. The van der Waals surface area contributed by atoms with Gasteiger partial charge in [0, 0.05) is 17.5 Å². The van der Waals surface area contributed by atoms with Crippen LogP contribution in [0.3, 0.4) is 0 Å². The fourth-order valence-corrected chi connectivity index (χ4v) is 3.69. The lowest BCUT2D eigenvalue weighted by Gasteiger charge is -2.13. The molecular formula is C16H21N3OS. The molecule has 0 saturated heterocycles. The molecule has 2 rings (SSSR count). The molecule has 1 heterocycles. The summed E-state index contributed by atoms with van der Waals surface area (Å²) in [6, 6.07) is 3.83.